The largest absolute Gasteiger partial charge is 0.326 e. The Bertz CT molecular complexity index is 547. The third kappa shape index (κ3) is 4.33. The van der Waals surface area contributed by atoms with Crippen molar-refractivity contribution in [2.45, 2.75) is 31.7 Å². The summed E-state index contributed by atoms with van der Waals surface area (Å²) in [4.78, 5) is -0.0228. The van der Waals surface area contributed by atoms with Crippen molar-refractivity contribution in [3.8, 4) is 0 Å². The summed E-state index contributed by atoms with van der Waals surface area (Å²) in [5, 5.41) is 0.428. The van der Waals surface area contributed by atoms with E-state index in [0.717, 1.165) is 6.42 Å². The number of nitrogens with two attached hydrogens (primary N) is 1. The van der Waals surface area contributed by atoms with Gasteiger partial charge in [0.15, 0.2) is 0 Å². The van der Waals surface area contributed by atoms with Crippen molar-refractivity contribution >= 4 is 33.2 Å². The second-order valence-corrected chi connectivity index (χ2v) is 7.00. The molecule has 0 aromatic heterocycles. The van der Waals surface area contributed by atoms with E-state index in [4.69, 9.17) is 28.9 Å². The van der Waals surface area contributed by atoms with E-state index in [1.165, 1.54) is 6.07 Å². The summed E-state index contributed by atoms with van der Waals surface area (Å²) in [6, 6.07) is 2.90. The topological polar surface area (TPSA) is 72.2 Å². The molecular weight excluding hydrogens is 307 g/mol. The standard InChI is InChI=1S/C12H18Cl2N2O2S/c1-3-8(2)7-16-19(17,18)11-5-10(13)4-9(6-15)12(11)14/h4-5,8,16H,3,6-7,15H2,1-2H3. The number of hydrogen-bond acceptors (Lipinski definition) is 3. The molecule has 0 aliphatic rings. The van der Waals surface area contributed by atoms with E-state index in [1.54, 1.807) is 6.07 Å². The highest BCUT2D eigenvalue weighted by Crippen LogP contribution is 2.29. The average Bonchev–Trinajstić information content (AvgIpc) is 2.38. The number of halogens is 2. The fourth-order valence-electron chi connectivity index (χ4n) is 1.44. The lowest BCUT2D eigenvalue weighted by molar-refractivity contribution is 0.528. The van der Waals surface area contributed by atoms with Crippen molar-refractivity contribution < 1.29 is 8.42 Å². The van der Waals surface area contributed by atoms with Gasteiger partial charge in [-0.2, -0.15) is 0 Å². The highest BCUT2D eigenvalue weighted by molar-refractivity contribution is 7.89. The van der Waals surface area contributed by atoms with Crippen molar-refractivity contribution in [2.75, 3.05) is 6.54 Å². The monoisotopic (exact) mass is 324 g/mol. The van der Waals surface area contributed by atoms with Gasteiger partial charge in [0.05, 0.1) is 5.02 Å². The highest BCUT2D eigenvalue weighted by atomic mass is 35.5. The molecule has 4 nitrogen and oxygen atoms in total. The van der Waals surface area contributed by atoms with Gasteiger partial charge in [-0.1, -0.05) is 43.5 Å². The van der Waals surface area contributed by atoms with Crippen LogP contribution in [0.2, 0.25) is 10.0 Å². The molecule has 7 heteroatoms. The Hall–Kier alpha value is -0.330. The predicted molar refractivity (Wildman–Crippen MR) is 79.0 cm³/mol. The molecule has 1 atom stereocenters. The Morgan fingerprint density at radius 2 is 2.00 bits per heavy atom. The first-order valence-electron chi connectivity index (χ1n) is 5.99. The van der Waals surface area contributed by atoms with Gasteiger partial charge < -0.3 is 5.73 Å². The zero-order valence-corrected chi connectivity index (χ0v) is 13.2. The Morgan fingerprint density at radius 1 is 1.37 bits per heavy atom. The van der Waals surface area contributed by atoms with Crippen LogP contribution < -0.4 is 10.5 Å². The number of nitrogens with one attached hydrogen (secondary N) is 1. The number of sulfonamides is 1. The normalized spacial score (nSPS) is 13.5. The molecule has 0 bridgehead atoms. The van der Waals surface area contributed by atoms with Crippen LogP contribution in [-0.4, -0.2) is 15.0 Å². The molecule has 0 fully saturated rings. The van der Waals surface area contributed by atoms with Gasteiger partial charge >= 0.3 is 0 Å². The van der Waals surface area contributed by atoms with Gasteiger partial charge in [0.2, 0.25) is 10.0 Å². The van der Waals surface area contributed by atoms with Gasteiger partial charge in [0.25, 0.3) is 0 Å². The Morgan fingerprint density at radius 3 is 2.53 bits per heavy atom. The number of hydrogen-bond donors (Lipinski definition) is 2. The quantitative estimate of drug-likeness (QED) is 0.845. The molecule has 0 saturated heterocycles. The molecule has 0 spiro atoms. The Labute approximate surface area is 124 Å². The molecule has 0 aliphatic carbocycles. The van der Waals surface area contributed by atoms with Gasteiger partial charge in [0.1, 0.15) is 4.90 Å². The van der Waals surface area contributed by atoms with Crippen LogP contribution in [-0.2, 0) is 16.6 Å². The van der Waals surface area contributed by atoms with Gasteiger partial charge in [-0.25, -0.2) is 13.1 Å². The van der Waals surface area contributed by atoms with Crippen molar-refractivity contribution in [3.05, 3.63) is 27.7 Å². The van der Waals surface area contributed by atoms with Gasteiger partial charge in [-0.15, -0.1) is 0 Å². The third-order valence-electron chi connectivity index (χ3n) is 2.91. The predicted octanol–water partition coefficient (Wildman–Crippen LogP) is 2.78. The van der Waals surface area contributed by atoms with Crippen LogP contribution in [0.1, 0.15) is 25.8 Å². The maximum Gasteiger partial charge on any atom is 0.242 e. The zero-order chi connectivity index (χ0) is 14.6. The fraction of sp³-hybridized carbons (Fsp3) is 0.500. The summed E-state index contributed by atoms with van der Waals surface area (Å²) >= 11 is 11.9. The van der Waals surface area contributed by atoms with E-state index >= 15 is 0 Å². The lowest BCUT2D eigenvalue weighted by atomic mass is 10.1. The summed E-state index contributed by atoms with van der Waals surface area (Å²) in [6.45, 7) is 4.46. The molecule has 0 heterocycles. The lowest BCUT2D eigenvalue weighted by Crippen LogP contribution is -2.28. The Kier molecular flexibility index (Phi) is 6.08. The molecule has 108 valence electrons. The first-order valence-corrected chi connectivity index (χ1v) is 8.23. The van der Waals surface area contributed by atoms with Crippen LogP contribution in [0.15, 0.2) is 17.0 Å². The Balaban J connectivity index is 3.11. The summed E-state index contributed by atoms with van der Waals surface area (Å²) in [5.74, 6) is 0.252. The highest BCUT2D eigenvalue weighted by Gasteiger charge is 2.21. The summed E-state index contributed by atoms with van der Waals surface area (Å²) < 4.78 is 26.9. The van der Waals surface area contributed by atoms with E-state index in [2.05, 4.69) is 4.72 Å². The van der Waals surface area contributed by atoms with E-state index in [1.807, 2.05) is 13.8 Å². The molecule has 0 amide bonds. The lowest BCUT2D eigenvalue weighted by Gasteiger charge is -2.13. The van der Waals surface area contributed by atoms with E-state index < -0.39 is 10.0 Å². The smallest absolute Gasteiger partial charge is 0.242 e. The maximum absolute atomic E-state index is 12.2. The van der Waals surface area contributed by atoms with Crippen LogP contribution in [0.4, 0.5) is 0 Å². The minimum absolute atomic E-state index is 0.0228. The first kappa shape index (κ1) is 16.7. The van der Waals surface area contributed by atoms with Crippen LogP contribution in [0.25, 0.3) is 0 Å². The van der Waals surface area contributed by atoms with Crippen molar-refractivity contribution in [3.63, 3.8) is 0 Å². The second kappa shape index (κ2) is 6.90. The minimum Gasteiger partial charge on any atom is -0.326 e. The maximum atomic E-state index is 12.2. The molecule has 0 saturated carbocycles. The molecule has 3 N–H and O–H groups in total. The van der Waals surface area contributed by atoms with Crippen LogP contribution in [0, 0.1) is 5.92 Å². The summed E-state index contributed by atoms with van der Waals surface area (Å²) in [6.07, 6.45) is 0.889. The molecule has 1 aromatic rings. The first-order chi connectivity index (χ1) is 8.81. The second-order valence-electron chi connectivity index (χ2n) is 4.45. The van der Waals surface area contributed by atoms with Crippen LogP contribution in [0.3, 0.4) is 0 Å². The number of benzene rings is 1. The van der Waals surface area contributed by atoms with E-state index in [-0.39, 0.29) is 22.4 Å². The molecule has 0 aliphatic heterocycles. The molecule has 0 radical (unpaired) electrons. The van der Waals surface area contributed by atoms with Gasteiger partial charge in [-0.3, -0.25) is 0 Å². The van der Waals surface area contributed by atoms with Crippen molar-refractivity contribution in [1.29, 1.82) is 0 Å². The summed E-state index contributed by atoms with van der Waals surface area (Å²) in [5.41, 5.74) is 6.03. The van der Waals surface area contributed by atoms with Crippen LogP contribution >= 0.6 is 23.2 Å². The van der Waals surface area contributed by atoms with E-state index in [9.17, 15) is 8.42 Å². The van der Waals surface area contributed by atoms with Gasteiger partial charge in [0, 0.05) is 18.1 Å². The minimum atomic E-state index is -3.67. The van der Waals surface area contributed by atoms with Gasteiger partial charge in [-0.05, 0) is 23.6 Å². The van der Waals surface area contributed by atoms with E-state index in [0.29, 0.717) is 17.1 Å². The number of rotatable bonds is 6. The summed E-state index contributed by atoms with van der Waals surface area (Å²) in [7, 11) is -3.67. The molecule has 1 aromatic carbocycles. The third-order valence-corrected chi connectivity index (χ3v) is 5.13. The fourth-order valence-corrected chi connectivity index (χ4v) is 3.54. The average molecular weight is 325 g/mol. The molecular formula is C12H18Cl2N2O2S. The zero-order valence-electron chi connectivity index (χ0n) is 10.9. The van der Waals surface area contributed by atoms with Crippen LogP contribution in [0.5, 0.6) is 0 Å². The molecule has 19 heavy (non-hydrogen) atoms. The van der Waals surface area contributed by atoms with Crippen molar-refractivity contribution in [1.82, 2.24) is 4.72 Å². The SMILES string of the molecule is CCC(C)CNS(=O)(=O)c1cc(Cl)cc(CN)c1Cl. The molecule has 1 rings (SSSR count). The molecule has 1 unspecified atom stereocenters. The van der Waals surface area contributed by atoms with Crippen molar-refractivity contribution in [2.24, 2.45) is 11.7 Å².